The first-order chi connectivity index (χ1) is 12.1. The van der Waals surface area contributed by atoms with Crippen LogP contribution < -0.4 is 10.2 Å². The molecule has 1 fully saturated rings. The fraction of sp³-hybridized carbons (Fsp3) is 0.778. The Bertz CT molecular complexity index is 544. The van der Waals surface area contributed by atoms with Gasteiger partial charge in [0, 0.05) is 45.7 Å². The number of halogens is 1. The number of rotatable bonds is 8. The van der Waals surface area contributed by atoms with Crippen molar-refractivity contribution in [1.29, 1.82) is 0 Å². The molecule has 0 spiro atoms. The molecule has 150 valence electrons. The van der Waals surface area contributed by atoms with Crippen molar-refractivity contribution in [3.63, 3.8) is 0 Å². The van der Waals surface area contributed by atoms with Crippen LogP contribution in [0, 0.1) is 5.92 Å². The van der Waals surface area contributed by atoms with Gasteiger partial charge in [-0.05, 0) is 32.4 Å². The SMILES string of the molecule is CCNC(=NCc1csc(N(C)C)n1)N1CCC(CN(CC)CC)C1.I. The molecule has 8 heteroatoms. The van der Waals surface area contributed by atoms with Crippen molar-refractivity contribution in [2.24, 2.45) is 10.9 Å². The van der Waals surface area contributed by atoms with Crippen molar-refractivity contribution in [3.8, 4) is 0 Å². The molecule has 1 aromatic rings. The monoisotopic (exact) mass is 494 g/mol. The van der Waals surface area contributed by atoms with E-state index >= 15 is 0 Å². The summed E-state index contributed by atoms with van der Waals surface area (Å²) in [5.41, 5.74) is 1.04. The maximum Gasteiger partial charge on any atom is 0.194 e. The minimum absolute atomic E-state index is 0. The lowest BCUT2D eigenvalue weighted by atomic mass is 10.1. The molecule has 1 N–H and O–H groups in total. The van der Waals surface area contributed by atoms with Crippen LogP contribution in [0.4, 0.5) is 5.13 Å². The standard InChI is InChI=1S/C18H34N6S.HI/c1-6-19-17(20-11-16-14-25-18(21-16)22(4)5)24-10-9-15(13-24)12-23(7-2)8-3;/h14-15H,6-13H2,1-5H3,(H,19,20);1H. The Balaban J connectivity index is 0.00000338. The highest BCUT2D eigenvalue weighted by molar-refractivity contribution is 14.0. The summed E-state index contributed by atoms with van der Waals surface area (Å²) >= 11 is 1.67. The van der Waals surface area contributed by atoms with Gasteiger partial charge in [-0.2, -0.15) is 0 Å². The summed E-state index contributed by atoms with van der Waals surface area (Å²) in [6, 6.07) is 0. The molecule has 0 aromatic carbocycles. The lowest BCUT2D eigenvalue weighted by Gasteiger charge is -2.24. The minimum atomic E-state index is 0. The van der Waals surface area contributed by atoms with Gasteiger partial charge in [-0.1, -0.05) is 13.8 Å². The first-order valence-corrected chi connectivity index (χ1v) is 10.3. The number of hydrogen-bond acceptors (Lipinski definition) is 5. The molecule has 0 radical (unpaired) electrons. The third kappa shape index (κ3) is 6.84. The Morgan fingerprint density at radius 3 is 2.65 bits per heavy atom. The second kappa shape index (κ2) is 12.0. The second-order valence-electron chi connectivity index (χ2n) is 6.77. The fourth-order valence-electron chi connectivity index (χ4n) is 3.18. The van der Waals surface area contributed by atoms with E-state index in [0.29, 0.717) is 6.54 Å². The zero-order chi connectivity index (χ0) is 18.2. The van der Waals surface area contributed by atoms with Crippen LogP contribution in [0.15, 0.2) is 10.4 Å². The minimum Gasteiger partial charge on any atom is -0.357 e. The largest absolute Gasteiger partial charge is 0.357 e. The van der Waals surface area contributed by atoms with E-state index < -0.39 is 0 Å². The molecule has 2 heterocycles. The molecular formula is C18H35IN6S. The van der Waals surface area contributed by atoms with Crippen molar-refractivity contribution in [2.75, 3.05) is 58.3 Å². The summed E-state index contributed by atoms with van der Waals surface area (Å²) in [6.07, 6.45) is 1.25. The number of likely N-dealkylation sites (tertiary alicyclic amines) is 1. The zero-order valence-corrected chi connectivity index (χ0v) is 20.0. The average molecular weight is 494 g/mol. The number of hydrogen-bond donors (Lipinski definition) is 1. The topological polar surface area (TPSA) is 47.0 Å². The predicted octanol–water partition coefficient (Wildman–Crippen LogP) is 2.96. The molecule has 0 bridgehead atoms. The molecule has 0 saturated carbocycles. The van der Waals surface area contributed by atoms with E-state index in [1.165, 1.54) is 13.0 Å². The van der Waals surface area contributed by atoms with E-state index in [1.807, 2.05) is 19.0 Å². The van der Waals surface area contributed by atoms with Gasteiger partial charge in [0.2, 0.25) is 0 Å². The van der Waals surface area contributed by atoms with Crippen molar-refractivity contribution >= 4 is 46.4 Å². The third-order valence-corrected chi connectivity index (χ3v) is 5.70. The molecule has 2 rings (SSSR count). The summed E-state index contributed by atoms with van der Waals surface area (Å²) in [6.45, 7) is 13.8. The Hall–Kier alpha value is -0.610. The van der Waals surface area contributed by atoms with Crippen LogP contribution in [0.2, 0.25) is 0 Å². The smallest absolute Gasteiger partial charge is 0.194 e. The van der Waals surface area contributed by atoms with E-state index in [-0.39, 0.29) is 24.0 Å². The van der Waals surface area contributed by atoms with Gasteiger partial charge in [-0.3, -0.25) is 0 Å². The van der Waals surface area contributed by atoms with Crippen LogP contribution in [0.1, 0.15) is 32.9 Å². The van der Waals surface area contributed by atoms with Gasteiger partial charge >= 0.3 is 0 Å². The summed E-state index contributed by atoms with van der Waals surface area (Å²) in [5, 5.41) is 6.60. The molecule has 6 nitrogen and oxygen atoms in total. The molecule has 0 amide bonds. The molecule has 1 unspecified atom stereocenters. The van der Waals surface area contributed by atoms with Gasteiger partial charge < -0.3 is 20.0 Å². The molecule has 1 aromatic heterocycles. The maximum atomic E-state index is 4.84. The lowest BCUT2D eigenvalue weighted by molar-refractivity contribution is 0.255. The maximum absolute atomic E-state index is 4.84. The molecule has 1 aliphatic rings. The second-order valence-corrected chi connectivity index (χ2v) is 7.61. The highest BCUT2D eigenvalue weighted by Crippen LogP contribution is 2.20. The van der Waals surface area contributed by atoms with Crippen molar-refractivity contribution in [1.82, 2.24) is 20.1 Å². The number of nitrogens with one attached hydrogen (secondary N) is 1. The van der Waals surface area contributed by atoms with E-state index in [9.17, 15) is 0 Å². The Morgan fingerprint density at radius 1 is 1.35 bits per heavy atom. The van der Waals surface area contributed by atoms with Gasteiger partial charge in [0.25, 0.3) is 0 Å². The normalized spacial score (nSPS) is 17.5. The van der Waals surface area contributed by atoms with E-state index in [4.69, 9.17) is 4.99 Å². The quantitative estimate of drug-likeness (QED) is 0.342. The molecule has 1 saturated heterocycles. The van der Waals surface area contributed by atoms with Crippen LogP contribution >= 0.6 is 35.3 Å². The van der Waals surface area contributed by atoms with Crippen molar-refractivity contribution in [2.45, 2.75) is 33.7 Å². The fourth-order valence-corrected chi connectivity index (χ4v) is 3.93. The lowest BCUT2D eigenvalue weighted by Crippen LogP contribution is -2.40. The zero-order valence-electron chi connectivity index (χ0n) is 16.9. The number of guanidine groups is 1. The molecule has 1 aliphatic heterocycles. The van der Waals surface area contributed by atoms with Gasteiger partial charge in [0.15, 0.2) is 11.1 Å². The first-order valence-electron chi connectivity index (χ1n) is 9.44. The predicted molar refractivity (Wildman–Crippen MR) is 124 cm³/mol. The van der Waals surface area contributed by atoms with Gasteiger partial charge in [0.05, 0.1) is 12.2 Å². The summed E-state index contributed by atoms with van der Waals surface area (Å²) in [5.74, 6) is 1.77. The van der Waals surface area contributed by atoms with Gasteiger partial charge in [-0.25, -0.2) is 9.98 Å². The van der Waals surface area contributed by atoms with Gasteiger partial charge in [0.1, 0.15) is 0 Å². The van der Waals surface area contributed by atoms with E-state index in [2.05, 4.69) is 46.3 Å². The number of nitrogens with zero attached hydrogens (tertiary/aromatic N) is 5. The summed E-state index contributed by atoms with van der Waals surface area (Å²) in [7, 11) is 4.05. The van der Waals surface area contributed by atoms with Crippen LogP contribution in [0.25, 0.3) is 0 Å². The Morgan fingerprint density at radius 2 is 2.08 bits per heavy atom. The van der Waals surface area contributed by atoms with Crippen LogP contribution in [-0.4, -0.2) is 74.1 Å². The number of thiazole rings is 1. The Kier molecular flexibility index (Phi) is 10.8. The summed E-state index contributed by atoms with van der Waals surface area (Å²) in [4.78, 5) is 16.4. The average Bonchev–Trinajstić information content (AvgIpc) is 3.26. The van der Waals surface area contributed by atoms with Crippen LogP contribution in [0.3, 0.4) is 0 Å². The summed E-state index contributed by atoms with van der Waals surface area (Å²) < 4.78 is 0. The van der Waals surface area contributed by atoms with E-state index in [0.717, 1.165) is 55.4 Å². The molecule has 0 aliphatic carbocycles. The van der Waals surface area contributed by atoms with Gasteiger partial charge in [-0.15, -0.1) is 35.3 Å². The third-order valence-electron chi connectivity index (χ3n) is 4.64. The Labute approximate surface area is 180 Å². The number of anilines is 1. The van der Waals surface area contributed by atoms with Crippen molar-refractivity contribution < 1.29 is 0 Å². The first kappa shape index (κ1) is 23.4. The molecule has 1 atom stereocenters. The van der Waals surface area contributed by atoms with Crippen LogP contribution in [0.5, 0.6) is 0 Å². The highest BCUT2D eigenvalue weighted by atomic mass is 127. The van der Waals surface area contributed by atoms with Crippen LogP contribution in [-0.2, 0) is 6.54 Å². The van der Waals surface area contributed by atoms with E-state index in [1.54, 1.807) is 11.3 Å². The number of aliphatic imine (C=N–C) groups is 1. The number of aromatic nitrogens is 1. The highest BCUT2D eigenvalue weighted by Gasteiger charge is 2.25. The molecular weight excluding hydrogens is 459 g/mol. The van der Waals surface area contributed by atoms with Crippen molar-refractivity contribution in [3.05, 3.63) is 11.1 Å². The molecule has 26 heavy (non-hydrogen) atoms.